The van der Waals surface area contributed by atoms with Gasteiger partial charge in [0.2, 0.25) is 0 Å². The molecule has 1 N–H and O–H groups in total. The Morgan fingerprint density at radius 2 is 1.54 bits per heavy atom. The van der Waals surface area contributed by atoms with Gasteiger partial charge in [0, 0.05) is 11.7 Å². The number of benzene rings is 3. The highest BCUT2D eigenvalue weighted by Gasteiger charge is 2.28. The van der Waals surface area contributed by atoms with Crippen molar-refractivity contribution in [3.8, 4) is 0 Å². The maximum absolute atomic E-state index is 13.4. The van der Waals surface area contributed by atoms with Crippen molar-refractivity contribution in [1.29, 1.82) is 0 Å². The summed E-state index contributed by atoms with van der Waals surface area (Å²) in [4.78, 5) is 0. The van der Waals surface area contributed by atoms with Gasteiger partial charge in [-0.3, -0.25) is 0 Å². The highest BCUT2D eigenvalue weighted by molar-refractivity contribution is 5.80. The van der Waals surface area contributed by atoms with Gasteiger partial charge in [-0.15, -0.1) is 5.10 Å². The van der Waals surface area contributed by atoms with Crippen LogP contribution < -0.4 is 0 Å². The van der Waals surface area contributed by atoms with Crippen molar-refractivity contribution >= 4 is 21.9 Å². The summed E-state index contributed by atoms with van der Waals surface area (Å²) in [6.45, 7) is 0. The lowest BCUT2D eigenvalue weighted by Crippen LogP contribution is -2.26. The number of aromatic nitrogens is 4. The Labute approximate surface area is 160 Å². The van der Waals surface area contributed by atoms with Gasteiger partial charge in [-0.2, -0.15) is 0 Å². The van der Waals surface area contributed by atoms with Crippen LogP contribution in [0.5, 0.6) is 0 Å². The molecule has 28 heavy (non-hydrogen) atoms. The van der Waals surface area contributed by atoms with E-state index in [0.717, 1.165) is 21.9 Å². The number of halogens is 1. The fraction of sp³-hybridized carbons (Fsp3) is 0.0909. The van der Waals surface area contributed by atoms with Crippen molar-refractivity contribution in [3.05, 3.63) is 96.4 Å². The molecule has 0 radical (unpaired) electrons. The van der Waals surface area contributed by atoms with Crippen molar-refractivity contribution in [3.63, 3.8) is 0 Å². The van der Waals surface area contributed by atoms with E-state index in [1.54, 1.807) is 16.8 Å². The number of para-hydroxylation sites is 2. The molecular formula is C22H17FN4O. The maximum Gasteiger partial charge on any atom is 0.159 e. The fourth-order valence-corrected chi connectivity index (χ4v) is 3.65. The van der Waals surface area contributed by atoms with Crippen LogP contribution in [0.15, 0.2) is 85.1 Å². The zero-order chi connectivity index (χ0) is 19.1. The van der Waals surface area contributed by atoms with Crippen LogP contribution in [0, 0.1) is 5.82 Å². The van der Waals surface area contributed by atoms with Crippen LogP contribution >= 0.6 is 0 Å². The lowest BCUT2D eigenvalue weighted by Gasteiger charge is -2.26. The van der Waals surface area contributed by atoms with Gasteiger partial charge in [-0.1, -0.05) is 47.7 Å². The third-order valence-corrected chi connectivity index (χ3v) is 5.04. The standard InChI is InChI=1S/C22H17FN4O/c23-17-11-9-16(10-12-17)21(28)22(26-14-13-15-5-1-3-7-19(15)26)27-20-8-4-2-6-18(20)24-25-27/h1-14,21-22,28H. The normalized spacial score (nSPS) is 13.8. The summed E-state index contributed by atoms with van der Waals surface area (Å²) in [6, 6.07) is 23.5. The van der Waals surface area contributed by atoms with Gasteiger partial charge in [-0.05, 0) is 47.3 Å². The second kappa shape index (κ2) is 6.58. The molecular weight excluding hydrogens is 355 g/mol. The second-order valence-electron chi connectivity index (χ2n) is 6.71. The molecule has 6 heteroatoms. The van der Waals surface area contributed by atoms with Crippen LogP contribution in [-0.4, -0.2) is 24.7 Å². The van der Waals surface area contributed by atoms with Gasteiger partial charge in [0.25, 0.3) is 0 Å². The molecule has 2 unspecified atom stereocenters. The summed E-state index contributed by atoms with van der Waals surface area (Å²) in [5.41, 5.74) is 3.12. The van der Waals surface area contributed by atoms with Gasteiger partial charge in [0.15, 0.2) is 6.17 Å². The molecule has 0 saturated heterocycles. The monoisotopic (exact) mass is 372 g/mol. The Balaban J connectivity index is 1.73. The van der Waals surface area contributed by atoms with Crippen LogP contribution in [0.4, 0.5) is 4.39 Å². The topological polar surface area (TPSA) is 55.9 Å². The first-order valence-electron chi connectivity index (χ1n) is 9.01. The van der Waals surface area contributed by atoms with Crippen LogP contribution in [-0.2, 0) is 0 Å². The molecule has 0 aliphatic carbocycles. The minimum absolute atomic E-state index is 0.342. The van der Waals surface area contributed by atoms with E-state index in [1.165, 1.54) is 12.1 Å². The van der Waals surface area contributed by atoms with Gasteiger partial charge in [0.05, 0.1) is 5.52 Å². The number of hydrogen-bond acceptors (Lipinski definition) is 3. The van der Waals surface area contributed by atoms with Crippen LogP contribution in [0.1, 0.15) is 17.8 Å². The van der Waals surface area contributed by atoms with Crippen molar-refractivity contribution in [2.75, 3.05) is 0 Å². The Kier molecular flexibility index (Phi) is 3.91. The largest absolute Gasteiger partial charge is 0.384 e. The zero-order valence-corrected chi connectivity index (χ0v) is 14.9. The molecule has 5 aromatic rings. The first-order chi connectivity index (χ1) is 13.7. The zero-order valence-electron chi connectivity index (χ0n) is 14.9. The summed E-state index contributed by atoms with van der Waals surface area (Å²) in [5, 5.41) is 20.9. The Bertz CT molecular complexity index is 1180. The Morgan fingerprint density at radius 3 is 2.36 bits per heavy atom. The summed E-state index contributed by atoms with van der Waals surface area (Å²) in [6.07, 6.45) is 0.387. The van der Waals surface area contributed by atoms with Gasteiger partial charge < -0.3 is 9.67 Å². The van der Waals surface area contributed by atoms with Crippen molar-refractivity contribution in [2.24, 2.45) is 0 Å². The summed E-state index contributed by atoms with van der Waals surface area (Å²) < 4.78 is 17.1. The molecule has 5 nitrogen and oxygen atoms in total. The molecule has 0 fully saturated rings. The molecule has 0 aliphatic rings. The summed E-state index contributed by atoms with van der Waals surface area (Å²) in [7, 11) is 0. The predicted molar refractivity (Wildman–Crippen MR) is 105 cm³/mol. The second-order valence-corrected chi connectivity index (χ2v) is 6.71. The number of rotatable bonds is 4. The average molecular weight is 372 g/mol. The van der Waals surface area contributed by atoms with Crippen molar-refractivity contribution in [1.82, 2.24) is 19.6 Å². The Hall–Kier alpha value is -3.51. The highest BCUT2D eigenvalue weighted by atomic mass is 19.1. The van der Waals surface area contributed by atoms with Gasteiger partial charge >= 0.3 is 0 Å². The lowest BCUT2D eigenvalue weighted by molar-refractivity contribution is 0.0934. The predicted octanol–water partition coefficient (Wildman–Crippen LogP) is 4.31. The SMILES string of the molecule is OC(c1ccc(F)cc1)C(n1ccc2ccccc21)n1nnc2ccccc21. The fourth-order valence-electron chi connectivity index (χ4n) is 3.65. The van der Waals surface area contributed by atoms with E-state index in [4.69, 9.17) is 0 Å². The number of aliphatic hydroxyl groups is 1. The molecule has 2 aromatic heterocycles. The first-order valence-corrected chi connectivity index (χ1v) is 9.01. The minimum Gasteiger partial charge on any atom is -0.384 e. The van der Waals surface area contributed by atoms with Gasteiger partial charge in [-0.25, -0.2) is 9.07 Å². The number of fused-ring (bicyclic) bond motifs is 2. The van der Waals surface area contributed by atoms with Crippen molar-refractivity contribution in [2.45, 2.75) is 12.3 Å². The smallest absolute Gasteiger partial charge is 0.159 e. The third kappa shape index (κ3) is 2.66. The molecule has 0 aliphatic heterocycles. The third-order valence-electron chi connectivity index (χ3n) is 5.04. The number of nitrogens with zero attached hydrogens (tertiary/aromatic N) is 4. The van der Waals surface area contributed by atoms with E-state index in [0.29, 0.717) is 5.56 Å². The molecule has 5 rings (SSSR count). The quantitative estimate of drug-likeness (QED) is 0.512. The van der Waals surface area contributed by atoms with E-state index in [9.17, 15) is 9.50 Å². The summed E-state index contributed by atoms with van der Waals surface area (Å²) in [5.74, 6) is -0.342. The average Bonchev–Trinajstić information content (AvgIpc) is 3.34. The molecule has 3 aromatic carbocycles. The van der Waals surface area contributed by atoms with Crippen LogP contribution in [0.2, 0.25) is 0 Å². The molecule has 2 heterocycles. The van der Waals surface area contributed by atoms with E-state index in [1.807, 2.05) is 65.4 Å². The van der Waals surface area contributed by atoms with E-state index >= 15 is 0 Å². The van der Waals surface area contributed by atoms with Crippen molar-refractivity contribution < 1.29 is 9.50 Å². The molecule has 2 atom stereocenters. The maximum atomic E-state index is 13.4. The summed E-state index contributed by atoms with van der Waals surface area (Å²) >= 11 is 0. The van der Waals surface area contributed by atoms with E-state index < -0.39 is 12.3 Å². The Morgan fingerprint density at radius 1 is 0.821 bits per heavy atom. The van der Waals surface area contributed by atoms with Crippen LogP contribution in [0.25, 0.3) is 21.9 Å². The molecule has 0 bridgehead atoms. The lowest BCUT2D eigenvalue weighted by atomic mass is 10.1. The van der Waals surface area contributed by atoms with E-state index in [-0.39, 0.29) is 5.82 Å². The van der Waals surface area contributed by atoms with E-state index in [2.05, 4.69) is 10.3 Å². The van der Waals surface area contributed by atoms with Crippen LogP contribution in [0.3, 0.4) is 0 Å². The first kappa shape index (κ1) is 16.6. The van der Waals surface area contributed by atoms with Gasteiger partial charge in [0.1, 0.15) is 17.4 Å². The molecule has 0 amide bonds. The molecule has 0 spiro atoms. The highest BCUT2D eigenvalue weighted by Crippen LogP contribution is 2.33. The number of hydrogen-bond donors (Lipinski definition) is 1. The minimum atomic E-state index is -0.957. The molecule has 138 valence electrons. The molecule has 0 saturated carbocycles. The number of aliphatic hydroxyl groups excluding tert-OH is 1.